The predicted octanol–water partition coefficient (Wildman–Crippen LogP) is 4.72. The van der Waals surface area contributed by atoms with Crippen molar-refractivity contribution >= 4 is 55.6 Å². The second-order valence-electron chi connectivity index (χ2n) is 2.87. The number of halogens is 2. The first-order valence-electron chi connectivity index (χ1n) is 4.08. The lowest BCUT2D eigenvalue weighted by molar-refractivity contribution is 1.15. The molecule has 0 aliphatic heterocycles. The number of thiophene rings is 1. The quantitative estimate of drug-likeness (QED) is 0.666. The van der Waals surface area contributed by atoms with Gasteiger partial charge >= 0.3 is 0 Å². The average Bonchev–Trinajstić information content (AvgIpc) is 2.42. The minimum Gasteiger partial charge on any atom is -0.122 e. The first-order chi connectivity index (χ1) is 6.22. The molecule has 0 N–H and O–H groups in total. The van der Waals surface area contributed by atoms with Crippen LogP contribution in [0.3, 0.4) is 0 Å². The number of benzene rings is 1. The molecule has 0 radical (unpaired) electrons. The molecule has 68 valence electrons. The Balaban J connectivity index is 2.73. The first kappa shape index (κ1) is 9.74. The summed E-state index contributed by atoms with van der Waals surface area (Å²) in [4.78, 5) is 0. The highest BCUT2D eigenvalue weighted by atomic mass is 127. The number of aryl methyl sites for hydroxylation is 1. The third-order valence-corrected chi connectivity index (χ3v) is 5.23. The van der Waals surface area contributed by atoms with Crippen LogP contribution in [0.1, 0.15) is 12.5 Å². The summed E-state index contributed by atoms with van der Waals surface area (Å²) >= 11 is 10.0. The van der Waals surface area contributed by atoms with E-state index in [-0.39, 0.29) is 0 Å². The molecule has 13 heavy (non-hydrogen) atoms. The second kappa shape index (κ2) is 3.75. The molecule has 0 nitrogen and oxygen atoms in total. The number of rotatable bonds is 1. The molecule has 0 fully saturated rings. The third-order valence-electron chi connectivity index (χ3n) is 2.06. The van der Waals surface area contributed by atoms with Crippen LogP contribution < -0.4 is 0 Å². The lowest BCUT2D eigenvalue weighted by Gasteiger charge is -1.95. The van der Waals surface area contributed by atoms with E-state index in [1.807, 2.05) is 0 Å². The molecule has 1 aromatic carbocycles. The van der Waals surface area contributed by atoms with Crippen LogP contribution in [-0.2, 0) is 6.42 Å². The van der Waals surface area contributed by atoms with E-state index in [2.05, 4.69) is 47.7 Å². The van der Waals surface area contributed by atoms with Crippen LogP contribution in [0.15, 0.2) is 18.2 Å². The van der Waals surface area contributed by atoms with Gasteiger partial charge in [-0.2, -0.15) is 0 Å². The fourth-order valence-corrected chi connectivity index (χ4v) is 3.52. The highest BCUT2D eigenvalue weighted by molar-refractivity contribution is 14.1. The predicted molar refractivity (Wildman–Crippen MR) is 68.9 cm³/mol. The van der Waals surface area contributed by atoms with E-state index in [1.165, 1.54) is 19.2 Å². The summed E-state index contributed by atoms with van der Waals surface area (Å²) < 4.78 is 3.39. The molecular formula is C10H8ClIS. The molecule has 0 amide bonds. The van der Waals surface area contributed by atoms with Crippen molar-refractivity contribution < 1.29 is 0 Å². The average molecular weight is 323 g/mol. The van der Waals surface area contributed by atoms with Gasteiger partial charge < -0.3 is 0 Å². The molecule has 0 aliphatic carbocycles. The van der Waals surface area contributed by atoms with E-state index in [9.17, 15) is 0 Å². The molecule has 3 heteroatoms. The number of hydrogen-bond donors (Lipinski definition) is 0. The van der Waals surface area contributed by atoms with Crippen molar-refractivity contribution in [3.63, 3.8) is 0 Å². The Morgan fingerprint density at radius 3 is 2.92 bits per heavy atom. The number of hydrogen-bond acceptors (Lipinski definition) is 1. The molecule has 0 unspecified atom stereocenters. The van der Waals surface area contributed by atoms with Crippen LogP contribution in [-0.4, -0.2) is 0 Å². The largest absolute Gasteiger partial charge is 0.122 e. The summed E-state index contributed by atoms with van der Waals surface area (Å²) in [5.41, 5.74) is 1.38. The molecule has 0 saturated heterocycles. The molecular weight excluding hydrogens is 315 g/mol. The summed E-state index contributed by atoms with van der Waals surface area (Å²) in [6.45, 7) is 2.17. The minimum absolute atomic E-state index is 0.906. The van der Waals surface area contributed by atoms with Gasteiger partial charge in [0.1, 0.15) is 4.34 Å². The summed E-state index contributed by atoms with van der Waals surface area (Å²) in [5, 5.41) is 1.28. The Morgan fingerprint density at radius 2 is 2.23 bits per heavy atom. The van der Waals surface area contributed by atoms with Gasteiger partial charge in [-0.15, -0.1) is 11.3 Å². The monoisotopic (exact) mass is 322 g/mol. The Labute approximate surface area is 100 Å². The molecule has 0 saturated carbocycles. The van der Waals surface area contributed by atoms with Crippen molar-refractivity contribution in [2.45, 2.75) is 13.3 Å². The fourth-order valence-electron chi connectivity index (χ4n) is 1.30. The zero-order chi connectivity index (χ0) is 9.42. The number of fused-ring (bicyclic) bond motifs is 1. The van der Waals surface area contributed by atoms with Gasteiger partial charge in [0, 0.05) is 10.1 Å². The Kier molecular flexibility index (Phi) is 2.81. The molecule has 0 bridgehead atoms. The van der Waals surface area contributed by atoms with Crippen molar-refractivity contribution in [3.05, 3.63) is 31.7 Å². The van der Waals surface area contributed by atoms with Gasteiger partial charge in [-0.1, -0.05) is 30.7 Å². The molecule has 1 heterocycles. The maximum absolute atomic E-state index is 6.06. The fraction of sp³-hybridized carbons (Fsp3) is 0.200. The topological polar surface area (TPSA) is 0 Å². The van der Waals surface area contributed by atoms with Crippen LogP contribution in [0.25, 0.3) is 10.1 Å². The van der Waals surface area contributed by atoms with Crippen LogP contribution in [0.2, 0.25) is 4.34 Å². The Hall–Kier alpha value is 0.200. The van der Waals surface area contributed by atoms with Gasteiger partial charge in [-0.3, -0.25) is 0 Å². The summed E-state index contributed by atoms with van der Waals surface area (Å²) in [6, 6.07) is 6.57. The van der Waals surface area contributed by atoms with E-state index < -0.39 is 0 Å². The van der Waals surface area contributed by atoms with Gasteiger partial charge in [-0.05, 0) is 40.6 Å². The van der Waals surface area contributed by atoms with Gasteiger partial charge in [-0.25, -0.2) is 0 Å². The van der Waals surface area contributed by atoms with Crippen LogP contribution in [0.4, 0.5) is 0 Å². The normalized spacial score (nSPS) is 11.0. The zero-order valence-corrected chi connectivity index (χ0v) is 10.8. The van der Waals surface area contributed by atoms with Crippen molar-refractivity contribution in [3.8, 4) is 0 Å². The highest BCUT2D eigenvalue weighted by Gasteiger charge is 2.07. The van der Waals surface area contributed by atoms with Crippen molar-refractivity contribution in [2.24, 2.45) is 0 Å². The molecule has 0 aliphatic rings. The van der Waals surface area contributed by atoms with Gasteiger partial charge in [0.15, 0.2) is 0 Å². The van der Waals surface area contributed by atoms with Gasteiger partial charge in [0.25, 0.3) is 0 Å². The molecule has 1 aromatic heterocycles. The minimum atomic E-state index is 0.906. The van der Waals surface area contributed by atoms with Crippen molar-refractivity contribution in [2.75, 3.05) is 0 Å². The van der Waals surface area contributed by atoms with E-state index in [4.69, 9.17) is 11.6 Å². The summed E-state index contributed by atoms with van der Waals surface area (Å²) in [6.07, 6.45) is 1.09. The van der Waals surface area contributed by atoms with Crippen molar-refractivity contribution in [1.29, 1.82) is 0 Å². The maximum atomic E-state index is 6.06. The molecule has 2 aromatic rings. The highest BCUT2D eigenvalue weighted by Crippen LogP contribution is 2.36. The second-order valence-corrected chi connectivity index (χ2v) is 5.61. The lowest BCUT2D eigenvalue weighted by Crippen LogP contribution is -1.77. The van der Waals surface area contributed by atoms with Crippen LogP contribution >= 0.6 is 45.5 Å². The van der Waals surface area contributed by atoms with E-state index in [0.29, 0.717) is 0 Å². The maximum Gasteiger partial charge on any atom is 0.107 e. The smallest absolute Gasteiger partial charge is 0.107 e. The summed E-state index contributed by atoms with van der Waals surface area (Å²) in [5.74, 6) is 0. The first-order valence-corrected chi connectivity index (χ1v) is 6.36. The van der Waals surface area contributed by atoms with Crippen molar-refractivity contribution in [1.82, 2.24) is 0 Å². The Bertz CT molecular complexity index is 447. The van der Waals surface area contributed by atoms with Crippen LogP contribution in [0, 0.1) is 3.57 Å². The van der Waals surface area contributed by atoms with Gasteiger partial charge in [0.2, 0.25) is 0 Å². The molecule has 0 atom stereocenters. The SMILES string of the molecule is CCc1ccc2c(I)c(Cl)sc2c1. The standard InChI is InChI=1S/C10H8ClIS/c1-2-6-3-4-7-8(5-6)13-10(11)9(7)12/h3-5H,2H2,1H3. The van der Waals surface area contributed by atoms with E-state index >= 15 is 0 Å². The zero-order valence-electron chi connectivity index (χ0n) is 7.10. The van der Waals surface area contributed by atoms with E-state index in [1.54, 1.807) is 11.3 Å². The molecule has 2 rings (SSSR count). The van der Waals surface area contributed by atoms with E-state index in [0.717, 1.165) is 10.8 Å². The van der Waals surface area contributed by atoms with Crippen LogP contribution in [0.5, 0.6) is 0 Å². The summed E-state index contributed by atoms with van der Waals surface area (Å²) in [7, 11) is 0. The third kappa shape index (κ3) is 1.72. The molecule has 0 spiro atoms. The Morgan fingerprint density at radius 1 is 1.46 bits per heavy atom. The van der Waals surface area contributed by atoms with Gasteiger partial charge in [0.05, 0.1) is 3.57 Å². The lowest BCUT2D eigenvalue weighted by atomic mass is 10.1.